The van der Waals surface area contributed by atoms with Gasteiger partial charge in [0.2, 0.25) is 0 Å². The predicted octanol–water partition coefficient (Wildman–Crippen LogP) is 4.47. The molecule has 4 aromatic rings. The molecule has 0 radical (unpaired) electrons. The van der Waals surface area contributed by atoms with E-state index < -0.39 is 11.9 Å². The quantitative estimate of drug-likeness (QED) is 0.374. The number of hydrogen-bond donors (Lipinski definition) is 0. The van der Waals surface area contributed by atoms with Gasteiger partial charge in [-0.15, -0.1) is 0 Å². The molecular weight excluding hydrogens is 495 g/mol. The molecule has 0 unspecified atom stereocenters. The van der Waals surface area contributed by atoms with Crippen LogP contribution in [0, 0.1) is 6.92 Å². The van der Waals surface area contributed by atoms with Crippen LogP contribution in [0.2, 0.25) is 0 Å². The van der Waals surface area contributed by atoms with Crippen LogP contribution >= 0.6 is 0 Å². The molecule has 3 aromatic heterocycles. The number of alkyl halides is 3. The lowest BCUT2D eigenvalue weighted by Crippen LogP contribution is -2.38. The summed E-state index contributed by atoms with van der Waals surface area (Å²) in [5.74, 6) is 1.09. The van der Waals surface area contributed by atoms with Crippen molar-refractivity contribution in [2.45, 2.75) is 51.4 Å². The summed E-state index contributed by atoms with van der Waals surface area (Å²) in [5.41, 5.74) is 3.23. The number of aryl methyl sites for hydroxylation is 3. The van der Waals surface area contributed by atoms with Crippen molar-refractivity contribution in [3.63, 3.8) is 0 Å². The number of imidazole rings is 1. The van der Waals surface area contributed by atoms with Crippen molar-refractivity contribution < 1.29 is 18.0 Å². The lowest BCUT2D eigenvalue weighted by Gasteiger charge is -2.30. The summed E-state index contributed by atoms with van der Waals surface area (Å²) in [6, 6.07) is 5.64. The fourth-order valence-corrected chi connectivity index (χ4v) is 5.31. The maximum Gasteiger partial charge on any atom is 0.435 e. The smallest absolute Gasteiger partial charge is 0.332 e. The molecule has 0 bridgehead atoms. The van der Waals surface area contributed by atoms with Crippen LogP contribution in [0.1, 0.15) is 63.2 Å². The van der Waals surface area contributed by atoms with Gasteiger partial charge in [0.1, 0.15) is 5.82 Å². The molecule has 2 aliphatic rings. The molecule has 38 heavy (non-hydrogen) atoms. The van der Waals surface area contributed by atoms with E-state index in [1.807, 2.05) is 35.5 Å². The van der Waals surface area contributed by atoms with Gasteiger partial charge in [0.05, 0.1) is 17.9 Å². The zero-order valence-corrected chi connectivity index (χ0v) is 21.5. The van der Waals surface area contributed by atoms with Crippen LogP contribution in [-0.2, 0) is 39.8 Å². The molecule has 0 atom stereocenters. The van der Waals surface area contributed by atoms with Gasteiger partial charge in [-0.1, -0.05) is 0 Å². The Bertz CT molecular complexity index is 1540. The van der Waals surface area contributed by atoms with Crippen molar-refractivity contribution in [1.29, 1.82) is 0 Å². The highest BCUT2D eigenvalue weighted by atomic mass is 19.4. The van der Waals surface area contributed by atoms with E-state index in [-0.39, 0.29) is 11.5 Å². The lowest BCUT2D eigenvalue weighted by atomic mass is 9.88. The van der Waals surface area contributed by atoms with Gasteiger partial charge in [-0.05, 0) is 61.1 Å². The number of benzene rings is 1. The molecule has 0 spiro atoms. The van der Waals surface area contributed by atoms with Crippen LogP contribution in [0.25, 0.3) is 11.1 Å². The summed E-state index contributed by atoms with van der Waals surface area (Å²) in [5, 5.41) is 8.33. The summed E-state index contributed by atoms with van der Waals surface area (Å²) < 4.78 is 46.7. The number of rotatable bonds is 6. The first-order valence-electron chi connectivity index (χ1n) is 12.7. The minimum atomic E-state index is -4.62. The molecule has 0 N–H and O–H groups in total. The van der Waals surface area contributed by atoms with Crippen LogP contribution in [0.4, 0.5) is 13.2 Å². The topological polar surface area (TPSA) is 73.8 Å². The zero-order chi connectivity index (χ0) is 26.8. The van der Waals surface area contributed by atoms with Gasteiger partial charge in [0, 0.05) is 62.8 Å². The van der Waals surface area contributed by atoms with Crippen LogP contribution in [0.5, 0.6) is 0 Å². The molecule has 4 heterocycles. The van der Waals surface area contributed by atoms with Crippen molar-refractivity contribution in [2.75, 3.05) is 6.54 Å². The Morgan fingerprint density at radius 2 is 1.79 bits per heavy atom. The number of halogens is 3. The molecule has 1 saturated carbocycles. The fourth-order valence-electron chi connectivity index (χ4n) is 5.31. The van der Waals surface area contributed by atoms with Crippen LogP contribution in [-0.4, -0.2) is 46.5 Å². The maximum atomic E-state index is 13.9. The van der Waals surface area contributed by atoms with Crippen molar-refractivity contribution in [3.8, 4) is 11.1 Å². The van der Waals surface area contributed by atoms with Crippen LogP contribution in [0.15, 0.2) is 36.8 Å². The normalized spacial score (nSPS) is 15.8. The third-order valence-electron chi connectivity index (χ3n) is 7.47. The Morgan fingerprint density at radius 3 is 2.47 bits per heavy atom. The molecule has 11 heteroatoms. The maximum absolute atomic E-state index is 13.9. The Kier molecular flexibility index (Phi) is 5.69. The standard InChI is InChI=1S/C27H28F3N7O/c1-16-31-7-9-36(16)13-17-10-21(23-15-34(2)33-25(23)27(28,29)30)20-6-8-37(26(38)22(20)11-17)14-19-12-24(18-4-5-18)32-35(19)3/h7,9-12,15,18H,4-6,8,13-14H2,1-3H3. The molecule has 8 nitrogen and oxygen atoms in total. The first-order chi connectivity index (χ1) is 18.1. The first-order valence-corrected chi connectivity index (χ1v) is 12.7. The van der Waals surface area contributed by atoms with Gasteiger partial charge < -0.3 is 9.47 Å². The van der Waals surface area contributed by atoms with E-state index >= 15 is 0 Å². The van der Waals surface area contributed by atoms with E-state index in [2.05, 4.69) is 21.2 Å². The molecule has 1 fully saturated rings. The van der Waals surface area contributed by atoms with E-state index in [4.69, 9.17) is 0 Å². The molecule has 1 aliphatic carbocycles. The number of aromatic nitrogens is 6. The average molecular weight is 524 g/mol. The summed E-state index contributed by atoms with van der Waals surface area (Å²) in [4.78, 5) is 19.8. The second-order valence-corrected chi connectivity index (χ2v) is 10.3. The number of carbonyl (C=O) groups excluding carboxylic acids is 1. The SMILES string of the molecule is Cc1nccn1Cc1cc2c(c(-c3cn(C)nc3C(F)(F)F)c1)CCN(Cc1cc(C3CC3)nn1C)C2=O. The number of fused-ring (bicyclic) bond motifs is 1. The van der Waals surface area contributed by atoms with Gasteiger partial charge in [0.25, 0.3) is 5.91 Å². The first kappa shape index (κ1) is 24.4. The van der Waals surface area contributed by atoms with Gasteiger partial charge in [0.15, 0.2) is 5.69 Å². The zero-order valence-electron chi connectivity index (χ0n) is 21.5. The highest BCUT2D eigenvalue weighted by Crippen LogP contribution is 2.41. The highest BCUT2D eigenvalue weighted by molar-refractivity contribution is 5.99. The minimum absolute atomic E-state index is 0.0117. The van der Waals surface area contributed by atoms with Crippen molar-refractivity contribution in [2.24, 2.45) is 14.1 Å². The number of hydrogen-bond acceptors (Lipinski definition) is 4. The Morgan fingerprint density at radius 1 is 1.03 bits per heavy atom. The molecule has 0 saturated heterocycles. The van der Waals surface area contributed by atoms with Crippen LogP contribution < -0.4 is 0 Å². The van der Waals surface area contributed by atoms with E-state index in [1.165, 1.54) is 17.9 Å². The largest absolute Gasteiger partial charge is 0.435 e. The Balaban J connectivity index is 1.42. The van der Waals surface area contributed by atoms with E-state index in [9.17, 15) is 18.0 Å². The van der Waals surface area contributed by atoms with Gasteiger partial charge >= 0.3 is 6.18 Å². The molecule has 1 aliphatic heterocycles. The van der Waals surface area contributed by atoms with Crippen molar-refractivity contribution in [3.05, 3.63) is 76.4 Å². The molecule has 6 rings (SSSR count). The summed E-state index contributed by atoms with van der Waals surface area (Å²) >= 11 is 0. The van der Waals surface area contributed by atoms with Gasteiger partial charge in [-0.2, -0.15) is 23.4 Å². The number of nitrogens with zero attached hydrogens (tertiary/aromatic N) is 7. The third kappa shape index (κ3) is 4.39. The van der Waals surface area contributed by atoms with E-state index in [0.717, 1.165) is 35.6 Å². The number of amides is 1. The van der Waals surface area contributed by atoms with Crippen LogP contribution in [0.3, 0.4) is 0 Å². The van der Waals surface area contributed by atoms with E-state index in [0.29, 0.717) is 48.7 Å². The molecular formula is C27H28F3N7O. The summed E-state index contributed by atoms with van der Waals surface area (Å²) in [6.45, 7) is 3.05. The molecule has 1 aromatic carbocycles. The van der Waals surface area contributed by atoms with Gasteiger partial charge in [-0.25, -0.2) is 4.98 Å². The monoisotopic (exact) mass is 523 g/mol. The third-order valence-corrected chi connectivity index (χ3v) is 7.47. The molecule has 1 amide bonds. The Labute approximate surface area is 217 Å². The average Bonchev–Trinajstić information content (AvgIpc) is 3.37. The second-order valence-electron chi connectivity index (χ2n) is 10.3. The summed E-state index contributed by atoms with van der Waals surface area (Å²) in [6.07, 6.45) is 2.98. The number of carbonyl (C=O) groups is 1. The lowest BCUT2D eigenvalue weighted by molar-refractivity contribution is -0.140. The summed E-state index contributed by atoms with van der Waals surface area (Å²) in [7, 11) is 3.36. The minimum Gasteiger partial charge on any atom is -0.332 e. The Hall–Kier alpha value is -3.89. The second kappa shape index (κ2) is 8.85. The van der Waals surface area contributed by atoms with Crippen molar-refractivity contribution in [1.82, 2.24) is 34.0 Å². The van der Waals surface area contributed by atoms with Crippen molar-refractivity contribution >= 4 is 5.91 Å². The highest BCUT2D eigenvalue weighted by Gasteiger charge is 2.39. The fraction of sp³-hybridized carbons (Fsp3) is 0.407. The van der Waals surface area contributed by atoms with Gasteiger partial charge in [-0.3, -0.25) is 14.2 Å². The molecule has 198 valence electrons. The predicted molar refractivity (Wildman–Crippen MR) is 133 cm³/mol. The van der Waals surface area contributed by atoms with E-state index in [1.54, 1.807) is 17.2 Å².